The van der Waals surface area contributed by atoms with Gasteiger partial charge in [0.05, 0.1) is 0 Å². The Kier molecular flexibility index (Phi) is 7.04. The average molecular weight is 508 g/mol. The molecule has 4 heterocycles. The van der Waals surface area contributed by atoms with Crippen molar-refractivity contribution in [1.29, 1.82) is 0 Å². The molecule has 0 unspecified atom stereocenters. The molecule has 188 valence electrons. The predicted molar refractivity (Wildman–Crippen MR) is 139 cm³/mol. The van der Waals surface area contributed by atoms with Gasteiger partial charge in [0.2, 0.25) is 11.8 Å². The molecule has 3 aromatic rings. The van der Waals surface area contributed by atoms with Gasteiger partial charge in [-0.15, -0.1) is 0 Å². The van der Waals surface area contributed by atoms with E-state index in [-0.39, 0.29) is 11.8 Å². The molecule has 1 saturated heterocycles. The van der Waals surface area contributed by atoms with E-state index in [9.17, 15) is 9.59 Å². The van der Waals surface area contributed by atoms with E-state index in [4.69, 9.17) is 14.5 Å². The van der Waals surface area contributed by atoms with Gasteiger partial charge in [-0.2, -0.15) is 0 Å². The highest BCUT2D eigenvalue weighted by Crippen LogP contribution is 2.37. The highest BCUT2D eigenvalue weighted by molar-refractivity contribution is 7.99. The van der Waals surface area contributed by atoms with Crippen molar-refractivity contribution >= 4 is 53.9 Å². The largest absolute Gasteiger partial charge is 0.486 e. The standard InChI is InChI=1S/C24H29BN6O4S/c1-14(32)28-22-21-23(27-13-26-22)31(8-5-16-3-6-30(7-4-16)15(2)33)24(29-21)36-20-12-19-18(11-17(20)25)34-9-10-35-19/h11-13,16H,3-10,25H2,1-2H3,(H,26,27,28,32). The number of aromatic nitrogens is 4. The van der Waals surface area contributed by atoms with Crippen LogP contribution in [0.1, 0.15) is 33.1 Å². The smallest absolute Gasteiger partial charge is 0.222 e. The molecular formula is C24H29BN6O4S. The number of anilines is 1. The minimum Gasteiger partial charge on any atom is -0.486 e. The first-order chi connectivity index (χ1) is 17.4. The lowest BCUT2D eigenvalue weighted by Gasteiger charge is -2.31. The second kappa shape index (κ2) is 10.4. The average Bonchev–Trinajstić information content (AvgIpc) is 3.21. The fourth-order valence-electron chi connectivity index (χ4n) is 4.68. The number of piperidine rings is 1. The number of hydrogen-bond donors (Lipinski definition) is 1. The fourth-order valence-corrected chi connectivity index (χ4v) is 5.69. The normalized spacial score (nSPS) is 15.8. The first kappa shape index (κ1) is 24.4. The molecule has 1 aromatic carbocycles. The van der Waals surface area contributed by atoms with Crippen LogP contribution in [0.15, 0.2) is 28.5 Å². The van der Waals surface area contributed by atoms with Crippen LogP contribution in [0.5, 0.6) is 11.5 Å². The Morgan fingerprint density at radius 1 is 1.14 bits per heavy atom. The summed E-state index contributed by atoms with van der Waals surface area (Å²) in [5.74, 6) is 2.34. The van der Waals surface area contributed by atoms with Crippen LogP contribution >= 0.6 is 11.8 Å². The first-order valence-corrected chi connectivity index (χ1v) is 13.0. The van der Waals surface area contributed by atoms with Crippen LogP contribution < -0.4 is 20.3 Å². The summed E-state index contributed by atoms with van der Waals surface area (Å²) in [5.41, 5.74) is 2.32. The van der Waals surface area contributed by atoms with Gasteiger partial charge in [0, 0.05) is 38.4 Å². The van der Waals surface area contributed by atoms with Gasteiger partial charge in [-0.05, 0) is 37.3 Å². The summed E-state index contributed by atoms with van der Waals surface area (Å²) < 4.78 is 13.6. The number of carbonyl (C=O) groups is 2. The number of nitrogens with one attached hydrogen (secondary N) is 1. The van der Waals surface area contributed by atoms with Crippen molar-refractivity contribution in [2.24, 2.45) is 5.92 Å². The Labute approximate surface area is 214 Å². The van der Waals surface area contributed by atoms with E-state index in [0.717, 1.165) is 65.9 Å². The van der Waals surface area contributed by atoms with Gasteiger partial charge < -0.3 is 24.3 Å². The van der Waals surface area contributed by atoms with Crippen molar-refractivity contribution < 1.29 is 19.1 Å². The number of rotatable bonds is 6. The zero-order valence-corrected chi connectivity index (χ0v) is 21.6. The number of aryl methyl sites for hydroxylation is 1. The van der Waals surface area contributed by atoms with Crippen molar-refractivity contribution in [3.8, 4) is 11.5 Å². The number of imidazole rings is 1. The third kappa shape index (κ3) is 5.13. The van der Waals surface area contributed by atoms with Crippen LogP contribution in [-0.4, -0.2) is 70.4 Å². The van der Waals surface area contributed by atoms with Crippen molar-refractivity contribution in [1.82, 2.24) is 24.4 Å². The Hall–Kier alpha value is -3.28. The van der Waals surface area contributed by atoms with E-state index in [0.29, 0.717) is 36.1 Å². The SMILES string of the molecule is Bc1cc2c(cc1Sc1nc3c(NC(C)=O)ncnc3n1CCC1CCN(C(C)=O)CC1)OCCO2. The summed E-state index contributed by atoms with van der Waals surface area (Å²) in [7, 11) is 2.04. The monoisotopic (exact) mass is 508 g/mol. The van der Waals surface area contributed by atoms with Crippen molar-refractivity contribution in [3.05, 3.63) is 18.5 Å². The topological polar surface area (TPSA) is 111 Å². The van der Waals surface area contributed by atoms with Crippen LogP contribution in [0, 0.1) is 5.92 Å². The number of benzene rings is 1. The van der Waals surface area contributed by atoms with Crippen LogP contribution in [0.25, 0.3) is 11.2 Å². The maximum atomic E-state index is 11.8. The molecule has 36 heavy (non-hydrogen) atoms. The van der Waals surface area contributed by atoms with Gasteiger partial charge in [0.25, 0.3) is 0 Å². The minimum atomic E-state index is -0.210. The molecule has 0 saturated carbocycles. The molecule has 0 aliphatic carbocycles. The summed E-state index contributed by atoms with van der Waals surface area (Å²) in [6.45, 7) is 6.49. The molecule has 2 aromatic heterocycles. The molecule has 0 atom stereocenters. The van der Waals surface area contributed by atoms with E-state index >= 15 is 0 Å². The highest BCUT2D eigenvalue weighted by Gasteiger charge is 2.24. The quantitative estimate of drug-likeness (QED) is 0.500. The molecule has 10 nitrogen and oxygen atoms in total. The summed E-state index contributed by atoms with van der Waals surface area (Å²) in [5, 5.41) is 3.55. The molecule has 0 spiro atoms. The predicted octanol–water partition coefficient (Wildman–Crippen LogP) is 1.61. The Morgan fingerprint density at radius 3 is 2.56 bits per heavy atom. The van der Waals surface area contributed by atoms with Gasteiger partial charge in [-0.1, -0.05) is 17.2 Å². The van der Waals surface area contributed by atoms with Gasteiger partial charge in [0.1, 0.15) is 27.4 Å². The Bertz CT molecular complexity index is 1310. The maximum Gasteiger partial charge on any atom is 0.222 e. The summed E-state index contributed by atoms with van der Waals surface area (Å²) >= 11 is 1.54. The Balaban J connectivity index is 1.45. The van der Waals surface area contributed by atoms with Gasteiger partial charge in [-0.3, -0.25) is 9.59 Å². The van der Waals surface area contributed by atoms with Crippen LogP contribution in [0.3, 0.4) is 0 Å². The Morgan fingerprint density at radius 2 is 1.86 bits per heavy atom. The molecule has 2 aliphatic heterocycles. The zero-order chi connectivity index (χ0) is 25.2. The van der Waals surface area contributed by atoms with Crippen molar-refractivity contribution in [2.75, 3.05) is 31.6 Å². The van der Waals surface area contributed by atoms with E-state index in [1.165, 1.54) is 13.3 Å². The molecule has 2 amide bonds. The molecular weight excluding hydrogens is 479 g/mol. The molecule has 5 rings (SSSR count). The van der Waals surface area contributed by atoms with Gasteiger partial charge >= 0.3 is 0 Å². The van der Waals surface area contributed by atoms with Gasteiger partial charge in [-0.25, -0.2) is 15.0 Å². The van der Waals surface area contributed by atoms with E-state index in [2.05, 4.69) is 19.9 Å². The molecule has 0 bridgehead atoms. The number of ether oxygens (including phenoxy) is 2. The molecule has 1 fully saturated rings. The highest BCUT2D eigenvalue weighted by atomic mass is 32.2. The second-order valence-electron chi connectivity index (χ2n) is 9.22. The first-order valence-electron chi connectivity index (χ1n) is 12.2. The van der Waals surface area contributed by atoms with E-state index < -0.39 is 0 Å². The second-order valence-corrected chi connectivity index (χ2v) is 10.2. The molecule has 2 aliphatic rings. The van der Waals surface area contributed by atoms with Gasteiger partial charge in [0.15, 0.2) is 33.6 Å². The van der Waals surface area contributed by atoms with Crippen LogP contribution in [0.4, 0.5) is 5.82 Å². The third-order valence-electron chi connectivity index (χ3n) is 6.65. The maximum absolute atomic E-state index is 11.8. The van der Waals surface area contributed by atoms with Crippen molar-refractivity contribution in [3.63, 3.8) is 0 Å². The molecule has 0 radical (unpaired) electrons. The lowest BCUT2D eigenvalue weighted by atomic mass is 9.93. The summed E-state index contributed by atoms with van der Waals surface area (Å²) in [6, 6.07) is 3.99. The van der Waals surface area contributed by atoms with E-state index in [1.54, 1.807) is 18.7 Å². The van der Waals surface area contributed by atoms with Crippen LogP contribution in [0.2, 0.25) is 0 Å². The number of carbonyl (C=O) groups excluding carboxylic acids is 2. The fraction of sp³-hybridized carbons (Fsp3) is 0.458. The lowest BCUT2D eigenvalue weighted by Crippen LogP contribution is -2.37. The molecule has 1 N–H and O–H groups in total. The summed E-state index contributed by atoms with van der Waals surface area (Å²) in [4.78, 5) is 40.0. The number of hydrogen-bond acceptors (Lipinski definition) is 8. The number of likely N-dealkylation sites (tertiary alicyclic amines) is 1. The number of amides is 2. The molecule has 12 heteroatoms. The third-order valence-corrected chi connectivity index (χ3v) is 7.81. The summed E-state index contributed by atoms with van der Waals surface area (Å²) in [6.07, 6.45) is 4.38. The van der Waals surface area contributed by atoms with Crippen molar-refractivity contribution in [2.45, 2.75) is 49.7 Å². The number of fused-ring (bicyclic) bond motifs is 2. The number of nitrogens with zero attached hydrogens (tertiary/aromatic N) is 5. The van der Waals surface area contributed by atoms with Crippen LogP contribution in [-0.2, 0) is 16.1 Å². The van der Waals surface area contributed by atoms with E-state index in [1.807, 2.05) is 24.9 Å². The zero-order valence-electron chi connectivity index (χ0n) is 20.7. The lowest BCUT2D eigenvalue weighted by molar-refractivity contribution is -0.130. The minimum absolute atomic E-state index is 0.143.